The second kappa shape index (κ2) is 7.44. The number of hydrogen-bond donors (Lipinski definition) is 1. The average molecular weight is 327 g/mol. The Hall–Kier alpha value is -1.11. The van der Waals surface area contributed by atoms with E-state index in [4.69, 9.17) is 9.47 Å². The normalized spacial score (nSPS) is 20.7. The molecule has 0 spiro atoms. The Labute approximate surface area is 135 Å². The molecule has 1 aromatic heterocycles. The molecule has 1 aliphatic rings. The van der Waals surface area contributed by atoms with Crippen LogP contribution in [0.1, 0.15) is 32.1 Å². The van der Waals surface area contributed by atoms with Crippen molar-refractivity contribution in [3.63, 3.8) is 0 Å². The second-order valence-corrected chi connectivity index (χ2v) is 7.53. The second-order valence-electron chi connectivity index (χ2n) is 6.50. The highest BCUT2D eigenvalue weighted by Crippen LogP contribution is 2.20. The number of carbonyl (C=O) groups excluding carboxylic acids is 1. The fourth-order valence-electron chi connectivity index (χ4n) is 2.43. The number of carbonyl (C=O) groups is 1. The highest BCUT2D eigenvalue weighted by molar-refractivity contribution is 7.09. The van der Waals surface area contributed by atoms with Crippen LogP contribution in [0.15, 0.2) is 17.5 Å². The molecule has 22 heavy (non-hydrogen) atoms. The minimum absolute atomic E-state index is 0.344. The maximum absolute atomic E-state index is 12.3. The van der Waals surface area contributed by atoms with Gasteiger partial charge in [-0.25, -0.2) is 4.79 Å². The van der Waals surface area contributed by atoms with Gasteiger partial charge in [-0.15, -0.1) is 11.3 Å². The summed E-state index contributed by atoms with van der Waals surface area (Å²) in [5.74, 6) is 0. The van der Waals surface area contributed by atoms with Crippen LogP contribution in [-0.4, -0.2) is 53.6 Å². The van der Waals surface area contributed by atoms with E-state index >= 15 is 0 Å². The van der Waals surface area contributed by atoms with Crippen molar-refractivity contribution >= 4 is 17.4 Å². The maximum atomic E-state index is 12.3. The zero-order chi connectivity index (χ0) is 16.2. The predicted octanol–water partition coefficient (Wildman–Crippen LogP) is 2.68. The van der Waals surface area contributed by atoms with Crippen molar-refractivity contribution in [2.75, 3.05) is 19.8 Å². The molecule has 124 valence electrons. The number of hydrogen-bond acceptors (Lipinski definition) is 5. The van der Waals surface area contributed by atoms with Crippen LogP contribution in [0.2, 0.25) is 0 Å². The van der Waals surface area contributed by atoms with Gasteiger partial charge in [-0.3, -0.25) is 4.90 Å². The molecular formula is C16H25NO4S. The third kappa shape index (κ3) is 4.97. The lowest BCUT2D eigenvalue weighted by Gasteiger charge is -2.38. The van der Waals surface area contributed by atoms with Gasteiger partial charge < -0.3 is 14.6 Å². The summed E-state index contributed by atoms with van der Waals surface area (Å²) < 4.78 is 10.9. The predicted molar refractivity (Wildman–Crippen MR) is 86.2 cm³/mol. The molecule has 1 aromatic rings. The van der Waals surface area contributed by atoms with E-state index in [-0.39, 0.29) is 12.1 Å². The Balaban J connectivity index is 1.94. The first kappa shape index (κ1) is 17.2. The summed E-state index contributed by atoms with van der Waals surface area (Å²) in [6, 6.07) is 3.72. The Morgan fingerprint density at radius 1 is 1.59 bits per heavy atom. The molecule has 2 rings (SSSR count). The van der Waals surface area contributed by atoms with Crippen LogP contribution in [0, 0.1) is 0 Å². The number of aryl methyl sites for hydroxylation is 1. The minimum atomic E-state index is -0.616. The molecule has 5 nitrogen and oxygen atoms in total. The number of amides is 1. The smallest absolute Gasteiger partial charge is 0.410 e. The SMILES string of the molecule is CC(C)(C)OC(=O)N1CCOCC1C(O)CCc1cccs1. The van der Waals surface area contributed by atoms with Crippen LogP contribution < -0.4 is 0 Å². The lowest BCUT2D eigenvalue weighted by atomic mass is 10.0. The number of aliphatic hydroxyl groups excluding tert-OH is 1. The van der Waals surface area contributed by atoms with E-state index in [9.17, 15) is 9.90 Å². The number of rotatable bonds is 4. The zero-order valence-electron chi connectivity index (χ0n) is 13.4. The third-order valence-corrected chi connectivity index (χ3v) is 4.44. The van der Waals surface area contributed by atoms with Gasteiger partial charge in [0.15, 0.2) is 0 Å². The van der Waals surface area contributed by atoms with Crippen molar-refractivity contribution in [3.05, 3.63) is 22.4 Å². The summed E-state index contributed by atoms with van der Waals surface area (Å²) in [6.45, 7) is 6.81. The van der Waals surface area contributed by atoms with Gasteiger partial charge in [0.25, 0.3) is 0 Å². The molecule has 1 amide bonds. The summed E-state index contributed by atoms with van der Waals surface area (Å²) in [4.78, 5) is 15.1. The first-order valence-corrected chi connectivity index (χ1v) is 8.52. The molecule has 0 saturated carbocycles. The van der Waals surface area contributed by atoms with Crippen LogP contribution in [0.5, 0.6) is 0 Å². The summed E-state index contributed by atoms with van der Waals surface area (Å²) >= 11 is 1.68. The number of ether oxygens (including phenoxy) is 2. The molecular weight excluding hydrogens is 302 g/mol. The van der Waals surface area contributed by atoms with Crippen molar-refractivity contribution in [1.29, 1.82) is 0 Å². The molecule has 2 atom stereocenters. The molecule has 0 radical (unpaired) electrons. The van der Waals surface area contributed by atoms with Gasteiger partial charge in [0.05, 0.1) is 25.4 Å². The van der Waals surface area contributed by atoms with Crippen molar-refractivity contribution < 1.29 is 19.4 Å². The maximum Gasteiger partial charge on any atom is 0.410 e. The van der Waals surface area contributed by atoms with E-state index in [1.165, 1.54) is 4.88 Å². The lowest BCUT2D eigenvalue weighted by Crippen LogP contribution is -2.55. The first-order valence-electron chi connectivity index (χ1n) is 7.64. The first-order chi connectivity index (χ1) is 10.4. The molecule has 0 aliphatic carbocycles. The van der Waals surface area contributed by atoms with Gasteiger partial charge in [-0.1, -0.05) is 6.07 Å². The number of aliphatic hydroxyl groups is 1. The molecule has 1 aliphatic heterocycles. The molecule has 1 saturated heterocycles. The molecule has 1 N–H and O–H groups in total. The van der Waals surface area contributed by atoms with Crippen molar-refractivity contribution in [2.24, 2.45) is 0 Å². The Morgan fingerprint density at radius 3 is 3.00 bits per heavy atom. The Morgan fingerprint density at radius 2 is 2.36 bits per heavy atom. The van der Waals surface area contributed by atoms with Gasteiger partial charge in [0.2, 0.25) is 0 Å². The van der Waals surface area contributed by atoms with Crippen molar-refractivity contribution in [2.45, 2.75) is 51.4 Å². The lowest BCUT2D eigenvalue weighted by molar-refractivity contribution is -0.0676. The minimum Gasteiger partial charge on any atom is -0.444 e. The van der Waals surface area contributed by atoms with Crippen LogP contribution in [0.25, 0.3) is 0 Å². The quantitative estimate of drug-likeness (QED) is 0.924. The van der Waals surface area contributed by atoms with E-state index < -0.39 is 11.7 Å². The van der Waals surface area contributed by atoms with E-state index in [1.807, 2.05) is 32.2 Å². The Kier molecular flexibility index (Phi) is 5.83. The molecule has 6 heteroatoms. The molecule has 0 bridgehead atoms. The topological polar surface area (TPSA) is 59.0 Å². The fraction of sp³-hybridized carbons (Fsp3) is 0.688. The molecule has 2 unspecified atom stereocenters. The van der Waals surface area contributed by atoms with E-state index in [1.54, 1.807) is 16.2 Å². The molecule has 1 fully saturated rings. The standard InChI is InChI=1S/C16H25NO4S/c1-16(2,3)21-15(19)17-8-9-20-11-13(17)14(18)7-6-12-5-4-10-22-12/h4-5,10,13-14,18H,6-9,11H2,1-3H3. The number of thiophene rings is 1. The zero-order valence-corrected chi connectivity index (χ0v) is 14.3. The highest BCUT2D eigenvalue weighted by atomic mass is 32.1. The van der Waals surface area contributed by atoms with Crippen molar-refractivity contribution in [1.82, 2.24) is 4.90 Å². The van der Waals surface area contributed by atoms with E-state index in [0.717, 1.165) is 6.42 Å². The van der Waals surface area contributed by atoms with Crippen LogP contribution in [0.3, 0.4) is 0 Å². The number of nitrogens with zero attached hydrogens (tertiary/aromatic N) is 1. The highest BCUT2D eigenvalue weighted by Gasteiger charge is 2.35. The van der Waals surface area contributed by atoms with Gasteiger partial charge >= 0.3 is 6.09 Å². The molecule has 0 aromatic carbocycles. The van der Waals surface area contributed by atoms with Crippen LogP contribution in [-0.2, 0) is 15.9 Å². The summed E-state index contributed by atoms with van der Waals surface area (Å²) in [6.07, 6.45) is 0.414. The van der Waals surface area contributed by atoms with Crippen molar-refractivity contribution in [3.8, 4) is 0 Å². The average Bonchev–Trinajstić information content (AvgIpc) is 2.96. The monoisotopic (exact) mass is 327 g/mol. The van der Waals surface area contributed by atoms with Gasteiger partial charge in [0.1, 0.15) is 5.60 Å². The summed E-state index contributed by atoms with van der Waals surface area (Å²) in [5.41, 5.74) is -0.540. The van der Waals surface area contributed by atoms with Crippen LogP contribution >= 0.6 is 11.3 Å². The van der Waals surface area contributed by atoms with Gasteiger partial charge in [-0.05, 0) is 45.1 Å². The van der Waals surface area contributed by atoms with Gasteiger partial charge in [-0.2, -0.15) is 0 Å². The van der Waals surface area contributed by atoms with Crippen LogP contribution in [0.4, 0.5) is 4.79 Å². The van der Waals surface area contributed by atoms with Gasteiger partial charge in [0, 0.05) is 11.4 Å². The third-order valence-electron chi connectivity index (χ3n) is 3.50. The molecule has 2 heterocycles. The van der Waals surface area contributed by atoms with E-state index in [2.05, 4.69) is 6.07 Å². The largest absolute Gasteiger partial charge is 0.444 e. The van der Waals surface area contributed by atoms with E-state index in [0.29, 0.717) is 26.2 Å². The number of morpholine rings is 1. The Bertz CT molecular complexity index is 469. The summed E-state index contributed by atoms with van der Waals surface area (Å²) in [5, 5.41) is 12.5. The fourth-order valence-corrected chi connectivity index (χ4v) is 3.15. The summed E-state index contributed by atoms with van der Waals surface area (Å²) in [7, 11) is 0.